The minimum absolute atomic E-state index is 0.212. The van der Waals surface area contributed by atoms with Crippen LogP contribution in [-0.2, 0) is 4.79 Å². The average molecular weight is 197 g/mol. The molecular weight excluding hydrogens is 182 g/mol. The van der Waals surface area contributed by atoms with E-state index in [2.05, 4.69) is 5.10 Å². The summed E-state index contributed by atoms with van der Waals surface area (Å²) in [6.07, 6.45) is 1.69. The summed E-state index contributed by atoms with van der Waals surface area (Å²) in [5.41, 5.74) is 6.75. The number of carboxylic acid groups (broad SMARTS) is 1. The standard InChI is InChI=1S/C9H15N3O2/c1-5(2)12-4-7(6(3)11-12)8(10)9(13)14/h4-5,8H,10H2,1-3H3,(H,13,14). The van der Waals surface area contributed by atoms with Crippen LogP contribution < -0.4 is 5.73 Å². The van der Waals surface area contributed by atoms with Gasteiger partial charge in [0.15, 0.2) is 0 Å². The highest BCUT2D eigenvalue weighted by molar-refractivity contribution is 5.75. The smallest absolute Gasteiger partial charge is 0.325 e. The number of carbonyl (C=O) groups is 1. The number of hydrogen-bond donors (Lipinski definition) is 2. The van der Waals surface area contributed by atoms with Crippen molar-refractivity contribution in [3.8, 4) is 0 Å². The molecule has 0 saturated heterocycles. The fraction of sp³-hybridized carbons (Fsp3) is 0.556. The molecule has 0 aliphatic heterocycles. The SMILES string of the molecule is Cc1nn(C(C)C)cc1C(N)C(=O)O. The van der Waals surface area contributed by atoms with E-state index in [0.29, 0.717) is 11.3 Å². The number of aryl methyl sites for hydroxylation is 1. The summed E-state index contributed by atoms with van der Waals surface area (Å²) < 4.78 is 1.72. The van der Waals surface area contributed by atoms with Crippen molar-refractivity contribution in [1.82, 2.24) is 9.78 Å². The Balaban J connectivity index is 3.04. The molecule has 1 aromatic rings. The van der Waals surface area contributed by atoms with E-state index < -0.39 is 12.0 Å². The van der Waals surface area contributed by atoms with Crippen LogP contribution in [0.3, 0.4) is 0 Å². The Morgan fingerprint density at radius 1 is 1.64 bits per heavy atom. The summed E-state index contributed by atoms with van der Waals surface area (Å²) in [5, 5.41) is 12.9. The zero-order valence-electron chi connectivity index (χ0n) is 8.56. The lowest BCUT2D eigenvalue weighted by Crippen LogP contribution is -2.20. The van der Waals surface area contributed by atoms with Crippen LogP contribution >= 0.6 is 0 Å². The van der Waals surface area contributed by atoms with Gasteiger partial charge in [-0.2, -0.15) is 5.10 Å². The highest BCUT2D eigenvalue weighted by Crippen LogP contribution is 2.16. The van der Waals surface area contributed by atoms with Crippen molar-refractivity contribution < 1.29 is 9.90 Å². The summed E-state index contributed by atoms with van der Waals surface area (Å²) >= 11 is 0. The van der Waals surface area contributed by atoms with E-state index >= 15 is 0 Å². The van der Waals surface area contributed by atoms with Crippen molar-refractivity contribution in [2.45, 2.75) is 32.9 Å². The van der Waals surface area contributed by atoms with Gasteiger partial charge in [-0.1, -0.05) is 0 Å². The maximum Gasteiger partial charge on any atom is 0.325 e. The zero-order chi connectivity index (χ0) is 10.9. The van der Waals surface area contributed by atoms with Crippen molar-refractivity contribution in [3.63, 3.8) is 0 Å². The van der Waals surface area contributed by atoms with Gasteiger partial charge in [-0.15, -0.1) is 0 Å². The Morgan fingerprint density at radius 2 is 2.21 bits per heavy atom. The van der Waals surface area contributed by atoms with Gasteiger partial charge >= 0.3 is 5.97 Å². The van der Waals surface area contributed by atoms with Crippen LogP contribution in [0.5, 0.6) is 0 Å². The molecule has 5 nitrogen and oxygen atoms in total. The minimum Gasteiger partial charge on any atom is -0.480 e. The maximum absolute atomic E-state index is 10.7. The zero-order valence-corrected chi connectivity index (χ0v) is 8.56. The largest absolute Gasteiger partial charge is 0.480 e. The van der Waals surface area contributed by atoms with Crippen molar-refractivity contribution in [3.05, 3.63) is 17.5 Å². The monoisotopic (exact) mass is 197 g/mol. The highest BCUT2D eigenvalue weighted by Gasteiger charge is 2.19. The topological polar surface area (TPSA) is 81.1 Å². The molecule has 0 spiro atoms. The van der Waals surface area contributed by atoms with Gasteiger partial charge in [-0.05, 0) is 20.8 Å². The molecule has 0 aromatic carbocycles. The van der Waals surface area contributed by atoms with E-state index in [0.717, 1.165) is 0 Å². The van der Waals surface area contributed by atoms with Gasteiger partial charge in [0, 0.05) is 17.8 Å². The molecule has 0 aliphatic carbocycles. The predicted octanol–water partition coefficient (Wildman–Crippen LogP) is 0.857. The van der Waals surface area contributed by atoms with Gasteiger partial charge in [-0.25, -0.2) is 0 Å². The Bertz CT molecular complexity index is 344. The molecule has 1 unspecified atom stereocenters. The minimum atomic E-state index is -1.03. The van der Waals surface area contributed by atoms with Crippen LogP contribution in [0.4, 0.5) is 0 Å². The molecule has 0 saturated carbocycles. The maximum atomic E-state index is 10.7. The number of aliphatic carboxylic acids is 1. The Labute approximate surface area is 82.5 Å². The molecule has 14 heavy (non-hydrogen) atoms. The third kappa shape index (κ3) is 1.93. The summed E-state index contributed by atoms with van der Waals surface area (Å²) in [7, 11) is 0. The molecule has 1 aromatic heterocycles. The van der Waals surface area contributed by atoms with E-state index in [9.17, 15) is 4.79 Å². The second kappa shape index (κ2) is 3.79. The summed E-state index contributed by atoms with van der Waals surface area (Å²) in [5.74, 6) is -1.03. The Morgan fingerprint density at radius 3 is 2.57 bits per heavy atom. The van der Waals surface area contributed by atoms with Gasteiger partial charge in [0.2, 0.25) is 0 Å². The summed E-state index contributed by atoms with van der Waals surface area (Å²) in [6.45, 7) is 5.71. The quantitative estimate of drug-likeness (QED) is 0.752. The Hall–Kier alpha value is -1.36. The van der Waals surface area contributed by atoms with Gasteiger partial charge in [-0.3, -0.25) is 9.48 Å². The summed E-state index contributed by atoms with van der Waals surface area (Å²) in [4.78, 5) is 10.7. The van der Waals surface area contributed by atoms with Gasteiger partial charge in [0.25, 0.3) is 0 Å². The normalized spacial score (nSPS) is 13.2. The van der Waals surface area contributed by atoms with Gasteiger partial charge in [0.05, 0.1) is 5.69 Å². The van der Waals surface area contributed by atoms with Crippen LogP contribution in [0.1, 0.15) is 37.2 Å². The first kappa shape index (κ1) is 10.7. The van der Waals surface area contributed by atoms with E-state index in [4.69, 9.17) is 10.8 Å². The third-order valence-electron chi connectivity index (χ3n) is 2.08. The first-order valence-corrected chi connectivity index (χ1v) is 4.47. The van der Waals surface area contributed by atoms with Gasteiger partial charge in [0.1, 0.15) is 6.04 Å². The van der Waals surface area contributed by atoms with Crippen LogP contribution in [0.25, 0.3) is 0 Å². The predicted molar refractivity (Wildman–Crippen MR) is 51.9 cm³/mol. The third-order valence-corrected chi connectivity index (χ3v) is 2.08. The second-order valence-corrected chi connectivity index (χ2v) is 3.56. The van der Waals surface area contributed by atoms with E-state index in [-0.39, 0.29) is 6.04 Å². The number of nitrogens with two attached hydrogens (primary N) is 1. The van der Waals surface area contributed by atoms with Gasteiger partial charge < -0.3 is 10.8 Å². The van der Waals surface area contributed by atoms with Crippen molar-refractivity contribution in [1.29, 1.82) is 0 Å². The molecule has 78 valence electrons. The number of nitrogens with zero attached hydrogens (tertiary/aromatic N) is 2. The van der Waals surface area contributed by atoms with Crippen molar-refractivity contribution in [2.75, 3.05) is 0 Å². The first-order chi connectivity index (χ1) is 6.43. The van der Waals surface area contributed by atoms with Crippen molar-refractivity contribution in [2.24, 2.45) is 5.73 Å². The molecule has 1 atom stereocenters. The lowest BCUT2D eigenvalue weighted by molar-refractivity contribution is -0.138. The summed E-state index contributed by atoms with van der Waals surface area (Å²) in [6, 6.07) is -0.772. The average Bonchev–Trinajstić information content (AvgIpc) is 2.46. The number of hydrogen-bond acceptors (Lipinski definition) is 3. The number of rotatable bonds is 3. The lowest BCUT2D eigenvalue weighted by Gasteiger charge is -2.04. The molecule has 0 radical (unpaired) electrons. The first-order valence-electron chi connectivity index (χ1n) is 4.47. The molecule has 0 fully saturated rings. The van der Waals surface area contributed by atoms with Crippen molar-refractivity contribution >= 4 is 5.97 Å². The van der Waals surface area contributed by atoms with Crippen LogP contribution in [-0.4, -0.2) is 20.9 Å². The Kier molecular flexibility index (Phi) is 2.90. The molecule has 5 heteroatoms. The molecule has 0 aliphatic rings. The highest BCUT2D eigenvalue weighted by atomic mass is 16.4. The second-order valence-electron chi connectivity index (χ2n) is 3.56. The fourth-order valence-corrected chi connectivity index (χ4v) is 1.20. The van der Waals surface area contributed by atoms with E-state index in [1.54, 1.807) is 17.8 Å². The fourth-order valence-electron chi connectivity index (χ4n) is 1.20. The van der Waals surface area contributed by atoms with E-state index in [1.165, 1.54) is 0 Å². The molecule has 0 amide bonds. The molecule has 1 rings (SSSR count). The lowest BCUT2D eigenvalue weighted by atomic mass is 10.1. The number of aromatic nitrogens is 2. The molecule has 0 bridgehead atoms. The molecule has 3 N–H and O–H groups in total. The van der Waals surface area contributed by atoms with Crippen LogP contribution in [0.2, 0.25) is 0 Å². The molecule has 1 heterocycles. The van der Waals surface area contributed by atoms with Crippen LogP contribution in [0.15, 0.2) is 6.20 Å². The molecular formula is C9H15N3O2. The van der Waals surface area contributed by atoms with E-state index in [1.807, 2.05) is 13.8 Å². The van der Waals surface area contributed by atoms with Crippen LogP contribution in [0, 0.1) is 6.92 Å². The number of carboxylic acids is 1.